The van der Waals surface area contributed by atoms with Crippen molar-refractivity contribution in [2.45, 2.75) is 43.8 Å². The number of hydrogen-bond donors (Lipinski definition) is 4. The highest BCUT2D eigenvalue weighted by Gasteiger charge is 2.67. The largest absolute Gasteiger partial charge is 0.393 e. The molecule has 0 aromatic carbocycles. The Kier molecular flexibility index (Phi) is 3.86. The van der Waals surface area contributed by atoms with E-state index in [0.29, 0.717) is 0 Å². The van der Waals surface area contributed by atoms with Gasteiger partial charge in [-0.3, -0.25) is 14.3 Å². The van der Waals surface area contributed by atoms with Crippen LogP contribution < -0.4 is 11.2 Å². The van der Waals surface area contributed by atoms with Crippen LogP contribution in [0.1, 0.15) is 27.0 Å². The number of aliphatic hydroxyl groups is 3. The summed E-state index contributed by atoms with van der Waals surface area (Å²) in [6.07, 6.45) is -0.0254. The number of ether oxygens (including phenoxy) is 1. The van der Waals surface area contributed by atoms with Gasteiger partial charge in [0.25, 0.3) is 5.56 Å². The van der Waals surface area contributed by atoms with Crippen molar-refractivity contribution in [1.82, 2.24) is 9.55 Å². The van der Waals surface area contributed by atoms with Gasteiger partial charge in [-0.15, -0.1) is 0 Å². The molecule has 2 rings (SSSR count). The van der Waals surface area contributed by atoms with E-state index in [0.717, 1.165) is 4.57 Å². The summed E-state index contributed by atoms with van der Waals surface area (Å²) in [7, 11) is 0. The van der Waals surface area contributed by atoms with Crippen molar-refractivity contribution < 1.29 is 20.1 Å². The van der Waals surface area contributed by atoms with Crippen LogP contribution in [-0.2, 0) is 4.74 Å². The van der Waals surface area contributed by atoms with Crippen LogP contribution in [0.15, 0.2) is 15.8 Å². The second kappa shape index (κ2) is 4.88. The van der Waals surface area contributed by atoms with E-state index in [-0.39, 0.29) is 3.57 Å². The number of aromatic nitrogens is 2. The molecule has 1 aromatic heterocycles. The molecule has 1 unspecified atom stereocenters. The number of aliphatic hydroxyl groups excluding tert-OH is 1. The fraction of sp³-hybridized carbons (Fsp3) is 0.667. The third kappa shape index (κ3) is 2.18. The summed E-state index contributed by atoms with van der Waals surface area (Å²) < 4.78 is 6.80. The Hall–Kier alpha value is -0.750. The zero-order valence-corrected chi connectivity index (χ0v) is 13.9. The Labute approximate surface area is 133 Å². The van der Waals surface area contributed by atoms with Gasteiger partial charge in [-0.2, -0.15) is 0 Å². The Morgan fingerprint density at radius 2 is 1.95 bits per heavy atom. The first-order chi connectivity index (χ1) is 9.48. The normalized spacial score (nSPS) is 39.7. The highest BCUT2D eigenvalue weighted by molar-refractivity contribution is 14.1. The van der Waals surface area contributed by atoms with Crippen molar-refractivity contribution in [3.63, 3.8) is 0 Å². The van der Waals surface area contributed by atoms with Gasteiger partial charge in [-0.25, -0.2) is 4.79 Å². The quantitative estimate of drug-likeness (QED) is 0.459. The van der Waals surface area contributed by atoms with Gasteiger partial charge in [0.05, 0.1) is 10.2 Å². The molecule has 0 spiro atoms. The number of nitrogens with one attached hydrogen (secondary N) is 1. The van der Waals surface area contributed by atoms with E-state index in [1.165, 1.54) is 27.0 Å². The molecule has 21 heavy (non-hydrogen) atoms. The first-order valence-corrected chi connectivity index (χ1v) is 7.30. The van der Waals surface area contributed by atoms with Crippen LogP contribution in [0.3, 0.4) is 0 Å². The van der Waals surface area contributed by atoms with Gasteiger partial charge in [0.1, 0.15) is 16.8 Å². The van der Waals surface area contributed by atoms with Crippen LogP contribution in [0.4, 0.5) is 0 Å². The number of aromatic amines is 1. The van der Waals surface area contributed by atoms with E-state index in [9.17, 15) is 24.9 Å². The molecule has 118 valence electrons. The fourth-order valence-electron chi connectivity index (χ4n) is 2.41. The zero-order chi connectivity index (χ0) is 16.2. The fourth-order valence-corrected chi connectivity index (χ4v) is 2.84. The summed E-state index contributed by atoms with van der Waals surface area (Å²) in [5, 5.41) is 30.7. The summed E-state index contributed by atoms with van der Waals surface area (Å²) >= 11 is 1.74. The smallest absolute Gasteiger partial charge is 0.330 e. The van der Waals surface area contributed by atoms with Gasteiger partial charge in [-0.05, 0) is 43.4 Å². The lowest BCUT2D eigenvalue weighted by Gasteiger charge is -2.39. The lowest BCUT2D eigenvalue weighted by atomic mass is 9.76. The summed E-state index contributed by atoms with van der Waals surface area (Å²) in [4.78, 5) is 25.5. The van der Waals surface area contributed by atoms with Crippen molar-refractivity contribution >= 4 is 22.6 Å². The highest BCUT2D eigenvalue weighted by atomic mass is 127. The van der Waals surface area contributed by atoms with Crippen LogP contribution in [0, 0.1) is 3.57 Å². The van der Waals surface area contributed by atoms with E-state index >= 15 is 0 Å². The molecule has 9 heteroatoms. The van der Waals surface area contributed by atoms with Crippen molar-refractivity contribution in [3.8, 4) is 0 Å². The predicted octanol–water partition coefficient (Wildman–Crippen LogP) is -1.08. The van der Waals surface area contributed by atoms with Crippen LogP contribution >= 0.6 is 22.6 Å². The Bertz CT molecular complexity index is 679. The number of H-pyrrole nitrogens is 1. The molecule has 1 aliphatic rings. The SMILES string of the molecule is CC1(O)[C@H](n2cc(I)c(=O)[nH]c2=O)O[C@](C)(CO)[C@]1(C)O. The predicted molar refractivity (Wildman–Crippen MR) is 80.9 cm³/mol. The minimum absolute atomic E-state index is 0.226. The van der Waals surface area contributed by atoms with Crippen LogP contribution in [0.5, 0.6) is 0 Å². The van der Waals surface area contributed by atoms with E-state index in [2.05, 4.69) is 4.98 Å². The molecule has 0 aliphatic carbocycles. The van der Waals surface area contributed by atoms with Crippen LogP contribution in [0.2, 0.25) is 0 Å². The summed E-state index contributed by atoms with van der Waals surface area (Å²) in [5.41, 5.74) is -6.48. The van der Waals surface area contributed by atoms with Gasteiger partial charge >= 0.3 is 5.69 Å². The molecule has 1 fully saturated rings. The Balaban J connectivity index is 2.64. The van der Waals surface area contributed by atoms with Crippen molar-refractivity contribution in [3.05, 3.63) is 30.6 Å². The maximum Gasteiger partial charge on any atom is 0.330 e. The molecule has 0 radical (unpaired) electrons. The first kappa shape index (κ1) is 16.6. The van der Waals surface area contributed by atoms with Gasteiger partial charge in [0.15, 0.2) is 6.23 Å². The average molecular weight is 412 g/mol. The lowest BCUT2D eigenvalue weighted by molar-refractivity contribution is -0.162. The molecule has 1 saturated heterocycles. The molecular weight excluding hydrogens is 395 g/mol. The standard InChI is InChI=1S/C12H17IN2O6/c1-10(5-16)12(3,20)11(2,19)8(21-10)15-4-6(13)7(17)14-9(15)18/h4,8,16,19-20H,5H2,1-3H3,(H,14,17,18)/t8-,10-,11?,12+/m1/s1. The second-order valence-corrected chi connectivity index (χ2v) is 6.88. The minimum atomic E-state index is -1.87. The Morgan fingerprint density at radius 3 is 2.43 bits per heavy atom. The number of halogens is 1. The summed E-state index contributed by atoms with van der Waals surface area (Å²) in [6.45, 7) is 3.51. The van der Waals surface area contributed by atoms with Gasteiger partial charge in [0, 0.05) is 6.20 Å². The molecule has 8 nitrogen and oxygen atoms in total. The molecule has 4 N–H and O–H groups in total. The average Bonchev–Trinajstić information content (AvgIpc) is 2.52. The van der Waals surface area contributed by atoms with Gasteiger partial charge in [0.2, 0.25) is 0 Å². The Morgan fingerprint density at radius 1 is 1.38 bits per heavy atom. The second-order valence-electron chi connectivity index (χ2n) is 5.72. The maximum atomic E-state index is 11.9. The number of hydrogen-bond acceptors (Lipinski definition) is 6. The molecule has 2 heterocycles. The monoisotopic (exact) mass is 412 g/mol. The van der Waals surface area contributed by atoms with Gasteiger partial charge < -0.3 is 20.1 Å². The van der Waals surface area contributed by atoms with Gasteiger partial charge in [-0.1, -0.05) is 0 Å². The van der Waals surface area contributed by atoms with Crippen molar-refractivity contribution in [2.75, 3.05) is 6.61 Å². The number of nitrogens with zero attached hydrogens (tertiary/aromatic N) is 1. The summed E-state index contributed by atoms with van der Waals surface area (Å²) in [6, 6.07) is 0. The topological polar surface area (TPSA) is 125 Å². The molecule has 1 aliphatic heterocycles. The van der Waals surface area contributed by atoms with E-state index < -0.39 is 40.9 Å². The summed E-state index contributed by atoms with van der Waals surface area (Å²) in [5.74, 6) is 0. The highest BCUT2D eigenvalue weighted by Crippen LogP contribution is 2.50. The molecule has 0 amide bonds. The molecule has 0 saturated carbocycles. The minimum Gasteiger partial charge on any atom is -0.393 e. The third-order valence-corrected chi connectivity index (χ3v) is 5.12. The molecular formula is C12H17IN2O6. The van der Waals surface area contributed by atoms with Crippen LogP contribution in [0.25, 0.3) is 0 Å². The van der Waals surface area contributed by atoms with E-state index in [1.807, 2.05) is 0 Å². The first-order valence-electron chi connectivity index (χ1n) is 6.22. The molecule has 1 aromatic rings. The number of rotatable bonds is 2. The zero-order valence-electron chi connectivity index (χ0n) is 11.8. The molecule has 4 atom stereocenters. The molecule has 0 bridgehead atoms. The lowest BCUT2D eigenvalue weighted by Crippen LogP contribution is -2.60. The van der Waals surface area contributed by atoms with E-state index in [4.69, 9.17) is 4.74 Å². The third-order valence-electron chi connectivity index (χ3n) is 4.35. The van der Waals surface area contributed by atoms with Crippen LogP contribution in [-0.4, -0.2) is 48.3 Å². The van der Waals surface area contributed by atoms with E-state index in [1.54, 1.807) is 22.6 Å². The van der Waals surface area contributed by atoms with Crippen molar-refractivity contribution in [1.29, 1.82) is 0 Å². The van der Waals surface area contributed by atoms with Crippen molar-refractivity contribution in [2.24, 2.45) is 0 Å². The maximum absolute atomic E-state index is 11.9.